The lowest BCUT2D eigenvalue weighted by Gasteiger charge is -2.13. The van der Waals surface area contributed by atoms with E-state index in [0.717, 1.165) is 11.1 Å². The number of rotatable bonds is 7. The molecule has 0 aliphatic carbocycles. The minimum absolute atomic E-state index is 0.160. The molecule has 3 aromatic rings. The SMILES string of the molecule is CC.Cc1ccc(CNC(=O)c2ccccc2NS(=O)(=O)Cc2ccccc2)cc1. The van der Waals surface area contributed by atoms with Gasteiger partial charge in [0, 0.05) is 6.54 Å². The summed E-state index contributed by atoms with van der Waals surface area (Å²) >= 11 is 0. The number of carbonyl (C=O) groups is 1. The van der Waals surface area contributed by atoms with Crippen molar-refractivity contribution in [1.29, 1.82) is 0 Å². The average Bonchev–Trinajstić information content (AvgIpc) is 2.75. The highest BCUT2D eigenvalue weighted by molar-refractivity contribution is 7.91. The zero-order chi connectivity index (χ0) is 22.0. The number of hydrogen-bond acceptors (Lipinski definition) is 3. The Morgan fingerprint density at radius 1 is 0.800 bits per heavy atom. The van der Waals surface area contributed by atoms with Gasteiger partial charge in [0.05, 0.1) is 17.0 Å². The Hall–Kier alpha value is -3.12. The topological polar surface area (TPSA) is 75.3 Å². The van der Waals surface area contributed by atoms with E-state index in [-0.39, 0.29) is 22.9 Å². The first-order valence-electron chi connectivity index (χ1n) is 9.90. The summed E-state index contributed by atoms with van der Waals surface area (Å²) in [5.41, 5.74) is 3.34. The lowest BCUT2D eigenvalue weighted by Crippen LogP contribution is -2.25. The van der Waals surface area contributed by atoms with Crippen LogP contribution in [0.2, 0.25) is 0 Å². The van der Waals surface area contributed by atoms with Crippen molar-refractivity contribution in [3.05, 3.63) is 101 Å². The summed E-state index contributed by atoms with van der Waals surface area (Å²) in [5, 5.41) is 2.84. The lowest BCUT2D eigenvalue weighted by atomic mass is 10.1. The van der Waals surface area contributed by atoms with Gasteiger partial charge in [-0.25, -0.2) is 8.42 Å². The molecule has 30 heavy (non-hydrogen) atoms. The van der Waals surface area contributed by atoms with Crippen molar-refractivity contribution in [2.24, 2.45) is 0 Å². The highest BCUT2D eigenvalue weighted by atomic mass is 32.2. The van der Waals surface area contributed by atoms with Gasteiger partial charge >= 0.3 is 0 Å². The third-order valence-corrected chi connectivity index (χ3v) is 5.45. The first kappa shape index (κ1) is 23.2. The van der Waals surface area contributed by atoms with Gasteiger partial charge in [-0.15, -0.1) is 0 Å². The van der Waals surface area contributed by atoms with Crippen LogP contribution in [-0.4, -0.2) is 14.3 Å². The van der Waals surface area contributed by atoms with Crippen molar-refractivity contribution in [2.75, 3.05) is 4.72 Å². The molecular formula is C24H28N2O3S. The lowest BCUT2D eigenvalue weighted by molar-refractivity contribution is 0.0952. The van der Waals surface area contributed by atoms with Crippen LogP contribution in [0.4, 0.5) is 5.69 Å². The van der Waals surface area contributed by atoms with Gasteiger partial charge < -0.3 is 5.32 Å². The smallest absolute Gasteiger partial charge is 0.253 e. The molecule has 0 saturated heterocycles. The molecule has 2 N–H and O–H groups in total. The number of anilines is 1. The molecule has 5 nitrogen and oxygen atoms in total. The summed E-state index contributed by atoms with van der Waals surface area (Å²) in [6.07, 6.45) is 0. The molecule has 0 unspecified atom stereocenters. The largest absolute Gasteiger partial charge is 0.348 e. The van der Waals surface area contributed by atoms with Crippen LogP contribution in [0.3, 0.4) is 0 Å². The number of carbonyl (C=O) groups excluding carboxylic acids is 1. The van der Waals surface area contributed by atoms with Crippen molar-refractivity contribution in [1.82, 2.24) is 5.32 Å². The molecule has 3 aromatic carbocycles. The first-order chi connectivity index (χ1) is 14.4. The Bertz CT molecular complexity index is 1050. The van der Waals surface area contributed by atoms with Crippen molar-refractivity contribution < 1.29 is 13.2 Å². The molecule has 0 saturated carbocycles. The molecule has 0 atom stereocenters. The number of benzene rings is 3. The summed E-state index contributed by atoms with van der Waals surface area (Å²) in [7, 11) is -3.65. The fraction of sp³-hybridized carbons (Fsp3) is 0.208. The number of hydrogen-bond donors (Lipinski definition) is 2. The van der Waals surface area contributed by atoms with E-state index in [2.05, 4.69) is 10.0 Å². The van der Waals surface area contributed by atoms with E-state index in [4.69, 9.17) is 0 Å². The molecule has 1 amide bonds. The normalized spacial score (nSPS) is 10.5. The maximum atomic E-state index is 12.6. The molecule has 6 heteroatoms. The van der Waals surface area contributed by atoms with E-state index in [1.807, 2.05) is 51.1 Å². The van der Waals surface area contributed by atoms with E-state index in [1.165, 1.54) is 0 Å². The van der Waals surface area contributed by atoms with Crippen LogP contribution in [-0.2, 0) is 22.3 Å². The third kappa shape index (κ3) is 7.04. The fourth-order valence-electron chi connectivity index (χ4n) is 2.75. The highest BCUT2D eigenvalue weighted by Crippen LogP contribution is 2.18. The Morgan fingerprint density at radius 2 is 1.40 bits per heavy atom. The van der Waals surface area contributed by atoms with Crippen molar-refractivity contribution in [3.8, 4) is 0 Å². The fourth-order valence-corrected chi connectivity index (χ4v) is 3.97. The summed E-state index contributed by atoms with van der Waals surface area (Å²) in [4.78, 5) is 12.6. The van der Waals surface area contributed by atoms with Crippen molar-refractivity contribution in [2.45, 2.75) is 33.1 Å². The quantitative estimate of drug-likeness (QED) is 0.567. The van der Waals surface area contributed by atoms with E-state index < -0.39 is 10.0 Å². The van der Waals surface area contributed by atoms with Crippen molar-refractivity contribution >= 4 is 21.6 Å². The summed E-state index contributed by atoms with van der Waals surface area (Å²) in [5.74, 6) is -0.494. The van der Waals surface area contributed by atoms with Gasteiger partial charge in [-0.3, -0.25) is 9.52 Å². The van der Waals surface area contributed by atoms with Crippen LogP contribution in [0, 0.1) is 6.92 Å². The second-order valence-corrected chi connectivity index (χ2v) is 8.28. The van der Waals surface area contributed by atoms with Crippen LogP contribution >= 0.6 is 0 Å². The molecule has 0 aliphatic rings. The molecule has 0 aliphatic heterocycles. The number of nitrogens with one attached hydrogen (secondary N) is 2. The molecule has 0 aromatic heterocycles. The molecule has 3 rings (SSSR count). The van der Waals surface area contributed by atoms with Gasteiger partial charge in [-0.05, 0) is 30.2 Å². The van der Waals surface area contributed by atoms with Gasteiger partial charge in [-0.1, -0.05) is 86.1 Å². The second kappa shape index (κ2) is 11.2. The Labute approximate surface area is 179 Å². The zero-order valence-corrected chi connectivity index (χ0v) is 18.4. The minimum atomic E-state index is -3.65. The molecular weight excluding hydrogens is 396 g/mol. The monoisotopic (exact) mass is 424 g/mol. The summed E-state index contributed by atoms with van der Waals surface area (Å²) < 4.78 is 27.6. The molecule has 0 spiro atoms. The molecule has 0 fully saturated rings. The highest BCUT2D eigenvalue weighted by Gasteiger charge is 2.17. The average molecular weight is 425 g/mol. The molecule has 0 heterocycles. The number of aryl methyl sites for hydroxylation is 1. The standard InChI is InChI=1S/C22H22N2O3S.C2H6/c1-17-11-13-18(14-12-17)15-23-22(25)20-9-5-6-10-21(20)24-28(26,27)16-19-7-3-2-4-8-19;1-2/h2-14,24H,15-16H2,1H3,(H,23,25);1-2H3. The van der Waals surface area contributed by atoms with E-state index in [1.54, 1.807) is 48.5 Å². The summed E-state index contributed by atoms with van der Waals surface area (Å²) in [6.45, 7) is 6.37. The predicted molar refractivity (Wildman–Crippen MR) is 123 cm³/mol. The molecule has 0 bridgehead atoms. The van der Waals surface area contributed by atoms with Gasteiger partial charge in [0.15, 0.2) is 0 Å². The van der Waals surface area contributed by atoms with Crippen molar-refractivity contribution in [3.63, 3.8) is 0 Å². The first-order valence-corrected chi connectivity index (χ1v) is 11.6. The minimum Gasteiger partial charge on any atom is -0.348 e. The Morgan fingerprint density at radius 3 is 2.07 bits per heavy atom. The van der Waals surface area contributed by atoms with Gasteiger partial charge in [0.2, 0.25) is 10.0 Å². The van der Waals surface area contributed by atoms with Gasteiger partial charge in [0.25, 0.3) is 5.91 Å². The van der Waals surface area contributed by atoms with Crippen LogP contribution in [0.15, 0.2) is 78.9 Å². The van der Waals surface area contributed by atoms with E-state index in [0.29, 0.717) is 12.1 Å². The number of sulfonamides is 1. The van der Waals surface area contributed by atoms with Gasteiger partial charge in [0.1, 0.15) is 0 Å². The maximum Gasteiger partial charge on any atom is 0.253 e. The van der Waals surface area contributed by atoms with E-state index >= 15 is 0 Å². The summed E-state index contributed by atoms with van der Waals surface area (Å²) in [6, 6.07) is 23.3. The molecule has 0 radical (unpaired) electrons. The van der Waals surface area contributed by atoms with E-state index in [9.17, 15) is 13.2 Å². The van der Waals surface area contributed by atoms with Crippen LogP contribution in [0.25, 0.3) is 0 Å². The van der Waals surface area contributed by atoms with Crippen LogP contribution in [0.5, 0.6) is 0 Å². The Balaban J connectivity index is 0.00000155. The maximum absolute atomic E-state index is 12.6. The third-order valence-electron chi connectivity index (χ3n) is 4.21. The molecule has 158 valence electrons. The number of amides is 1. The number of para-hydroxylation sites is 1. The van der Waals surface area contributed by atoms with Crippen LogP contribution < -0.4 is 10.0 Å². The van der Waals surface area contributed by atoms with Gasteiger partial charge in [-0.2, -0.15) is 0 Å². The zero-order valence-electron chi connectivity index (χ0n) is 17.6. The second-order valence-electron chi connectivity index (χ2n) is 6.56. The Kier molecular flexibility index (Phi) is 8.62. The van der Waals surface area contributed by atoms with Crippen LogP contribution in [0.1, 0.15) is 40.9 Å². The predicted octanol–water partition coefficient (Wildman–Crippen LogP) is 4.89.